The molecule has 1 aromatic rings. The number of hydrogen-bond acceptors (Lipinski definition) is 5. The number of nitrogens with zero attached hydrogens (tertiary/aromatic N) is 2. The molecule has 2 amide bonds. The molecular weight excluding hydrogens is 481 g/mol. The molecule has 1 atom stereocenters. The van der Waals surface area contributed by atoms with Crippen molar-refractivity contribution in [2.45, 2.75) is 71.3 Å². The Labute approximate surface area is 217 Å². The molecule has 0 spiro atoms. The highest BCUT2D eigenvalue weighted by molar-refractivity contribution is 7.85. The van der Waals surface area contributed by atoms with Gasteiger partial charge < -0.3 is 19.9 Å². The molecule has 7 nitrogen and oxygen atoms in total. The Hall–Kier alpha value is -2.16. The van der Waals surface area contributed by atoms with Crippen molar-refractivity contribution in [3.05, 3.63) is 29.6 Å². The molecule has 0 aromatic heterocycles. The summed E-state index contributed by atoms with van der Waals surface area (Å²) in [6.07, 6.45) is 6.79. The molecular formula is C27H42FN3O4S. The Bertz CT molecular complexity index is 926. The fourth-order valence-corrected chi connectivity index (χ4v) is 6.22. The van der Waals surface area contributed by atoms with Crippen molar-refractivity contribution in [1.29, 1.82) is 0 Å². The van der Waals surface area contributed by atoms with Crippen molar-refractivity contribution >= 4 is 28.5 Å². The zero-order valence-corrected chi connectivity index (χ0v) is 23.0. The molecule has 2 fully saturated rings. The predicted molar refractivity (Wildman–Crippen MR) is 142 cm³/mol. The molecule has 9 heteroatoms. The molecule has 1 aromatic carbocycles. The van der Waals surface area contributed by atoms with Crippen molar-refractivity contribution < 1.29 is 22.9 Å². The number of alkyl carbamates (subject to hydrolysis) is 1. The van der Waals surface area contributed by atoms with Crippen LogP contribution in [0.4, 0.5) is 14.9 Å². The lowest BCUT2D eigenvalue weighted by Gasteiger charge is -2.27. The van der Waals surface area contributed by atoms with Crippen LogP contribution in [0.5, 0.6) is 0 Å². The van der Waals surface area contributed by atoms with Crippen LogP contribution in [0.2, 0.25) is 0 Å². The van der Waals surface area contributed by atoms with Crippen LogP contribution in [0.3, 0.4) is 0 Å². The van der Waals surface area contributed by atoms with Crippen molar-refractivity contribution in [3.63, 3.8) is 0 Å². The number of halogens is 1. The fraction of sp³-hybridized carbons (Fsp3) is 0.704. The Kier molecular flexibility index (Phi) is 10.2. The van der Waals surface area contributed by atoms with E-state index in [1.807, 2.05) is 6.92 Å². The van der Waals surface area contributed by atoms with Crippen molar-refractivity contribution in [1.82, 2.24) is 10.2 Å². The first kappa shape index (κ1) is 28.4. The molecule has 1 aliphatic carbocycles. The molecule has 4 rings (SSSR count). The minimum atomic E-state index is -0.863. The van der Waals surface area contributed by atoms with E-state index in [2.05, 4.69) is 31.0 Å². The average molecular weight is 524 g/mol. The number of ether oxygens (including phenoxy) is 1. The second-order valence-electron chi connectivity index (χ2n) is 11.0. The van der Waals surface area contributed by atoms with Crippen molar-refractivity contribution in [2.75, 3.05) is 49.2 Å². The van der Waals surface area contributed by atoms with Gasteiger partial charge in [0, 0.05) is 65.6 Å². The van der Waals surface area contributed by atoms with Crippen LogP contribution in [0, 0.1) is 11.7 Å². The zero-order chi connectivity index (χ0) is 26.3. The van der Waals surface area contributed by atoms with E-state index in [1.165, 1.54) is 38.2 Å². The molecule has 1 saturated carbocycles. The number of benzene rings is 1. The van der Waals surface area contributed by atoms with Crippen molar-refractivity contribution in [3.8, 4) is 0 Å². The van der Waals surface area contributed by atoms with E-state index >= 15 is 0 Å². The van der Waals surface area contributed by atoms with Gasteiger partial charge in [0.1, 0.15) is 5.82 Å². The summed E-state index contributed by atoms with van der Waals surface area (Å²) in [5.74, 6) is 1.44. The topological polar surface area (TPSA) is 79.0 Å². The molecule has 2 heterocycles. The smallest absolute Gasteiger partial charge is 0.407 e. The van der Waals surface area contributed by atoms with Crippen LogP contribution in [0.25, 0.3) is 0 Å². The second-order valence-corrected chi connectivity index (χ2v) is 12.7. The maximum atomic E-state index is 13.6. The molecule has 1 unspecified atom stereocenters. The van der Waals surface area contributed by atoms with Crippen LogP contribution in [0.1, 0.15) is 65.4 Å². The lowest BCUT2D eigenvalue weighted by molar-refractivity contribution is -0.133. The maximum absolute atomic E-state index is 13.6. The van der Waals surface area contributed by atoms with Gasteiger partial charge in [0.2, 0.25) is 0 Å². The van der Waals surface area contributed by atoms with E-state index < -0.39 is 16.9 Å². The molecule has 202 valence electrons. The number of nitrogens with one attached hydrogen (secondary N) is 1. The van der Waals surface area contributed by atoms with E-state index in [4.69, 9.17) is 4.74 Å². The van der Waals surface area contributed by atoms with E-state index in [0.29, 0.717) is 31.1 Å². The molecule has 36 heavy (non-hydrogen) atoms. The molecule has 0 radical (unpaired) electrons. The minimum absolute atomic E-state index is 0.178. The Morgan fingerprint density at radius 2 is 1.86 bits per heavy atom. The summed E-state index contributed by atoms with van der Waals surface area (Å²) in [6.45, 7) is 10.2. The Morgan fingerprint density at radius 1 is 1.19 bits per heavy atom. The molecule has 0 bridgehead atoms. The van der Waals surface area contributed by atoms with E-state index in [9.17, 15) is 18.2 Å². The number of hydrogen-bond donors (Lipinski definition) is 1. The zero-order valence-electron chi connectivity index (χ0n) is 22.2. The summed E-state index contributed by atoms with van der Waals surface area (Å²) in [7, 11) is -0.863. The van der Waals surface area contributed by atoms with Gasteiger partial charge in [-0.05, 0) is 36.6 Å². The quantitative estimate of drug-likeness (QED) is 0.625. The Balaban J connectivity index is 0.000000444. The summed E-state index contributed by atoms with van der Waals surface area (Å²) < 4.78 is 30.0. The monoisotopic (exact) mass is 523 g/mol. The number of anilines is 1. The van der Waals surface area contributed by atoms with Crippen LogP contribution in [-0.2, 0) is 25.7 Å². The summed E-state index contributed by atoms with van der Waals surface area (Å²) in [5, 5.41) is 2.75. The third kappa shape index (κ3) is 8.18. The van der Waals surface area contributed by atoms with Gasteiger partial charge in [0.15, 0.2) is 6.61 Å². The first-order chi connectivity index (χ1) is 17.0. The van der Waals surface area contributed by atoms with Gasteiger partial charge in [-0.3, -0.25) is 9.00 Å². The number of rotatable bonds is 5. The SMILES string of the molecule is CC(CN1CC(C)(C)c2cc(F)ccc21)NC(=O)OCC(=O)N1CCS(=O)CC1.CC1CCCCC1. The average Bonchev–Trinajstić information content (AvgIpc) is 3.07. The van der Waals surface area contributed by atoms with Crippen LogP contribution < -0.4 is 10.2 Å². The van der Waals surface area contributed by atoms with Gasteiger partial charge in [0.05, 0.1) is 0 Å². The number of fused-ring (bicyclic) bond motifs is 1. The lowest BCUT2D eigenvalue weighted by atomic mass is 9.87. The van der Waals surface area contributed by atoms with E-state index in [0.717, 1.165) is 23.7 Å². The van der Waals surface area contributed by atoms with Gasteiger partial charge in [-0.25, -0.2) is 9.18 Å². The first-order valence-corrected chi connectivity index (χ1v) is 14.6. The third-order valence-corrected chi connectivity index (χ3v) is 8.50. The van der Waals surface area contributed by atoms with Gasteiger partial charge in [-0.2, -0.15) is 0 Å². The second kappa shape index (κ2) is 12.9. The van der Waals surface area contributed by atoms with Crippen molar-refractivity contribution in [2.24, 2.45) is 5.92 Å². The van der Waals surface area contributed by atoms with Gasteiger partial charge in [-0.15, -0.1) is 0 Å². The maximum Gasteiger partial charge on any atom is 0.407 e. The van der Waals surface area contributed by atoms with Gasteiger partial charge in [0.25, 0.3) is 5.91 Å². The highest BCUT2D eigenvalue weighted by Gasteiger charge is 2.36. The first-order valence-electron chi connectivity index (χ1n) is 13.2. The molecule has 1 N–H and O–H groups in total. The molecule has 1 saturated heterocycles. The standard InChI is InChI=1S/C20H28FN3O4S.C7H14/c1-14(11-24-13-20(2,3)16-10-15(21)4-5-17(16)24)22-19(26)28-12-18(25)23-6-8-29(27)9-7-23;1-7-5-3-2-4-6-7/h4-5,10,14H,6-9,11-13H2,1-3H3,(H,22,26);7H,2-6H2,1H3. The summed E-state index contributed by atoms with van der Waals surface area (Å²) in [5.41, 5.74) is 1.75. The predicted octanol–water partition coefficient (Wildman–Crippen LogP) is 4.22. The van der Waals surface area contributed by atoms with E-state index in [-0.39, 0.29) is 29.8 Å². The van der Waals surface area contributed by atoms with Crippen LogP contribution >= 0.6 is 0 Å². The summed E-state index contributed by atoms with van der Waals surface area (Å²) in [4.78, 5) is 27.9. The summed E-state index contributed by atoms with van der Waals surface area (Å²) >= 11 is 0. The lowest BCUT2D eigenvalue weighted by Crippen LogP contribution is -2.46. The highest BCUT2D eigenvalue weighted by atomic mass is 32.2. The molecule has 2 aliphatic heterocycles. The fourth-order valence-electron chi connectivity index (χ4n) is 5.17. The number of carbonyl (C=O) groups excluding carboxylic acids is 2. The molecule has 3 aliphatic rings. The number of amides is 2. The minimum Gasteiger partial charge on any atom is -0.439 e. The number of carbonyl (C=O) groups is 2. The Morgan fingerprint density at radius 3 is 2.47 bits per heavy atom. The van der Waals surface area contributed by atoms with Crippen LogP contribution in [0.15, 0.2) is 18.2 Å². The largest absolute Gasteiger partial charge is 0.439 e. The van der Waals surface area contributed by atoms with E-state index in [1.54, 1.807) is 17.0 Å². The summed E-state index contributed by atoms with van der Waals surface area (Å²) in [6, 6.07) is 4.57. The van der Waals surface area contributed by atoms with Crippen LogP contribution in [-0.4, -0.2) is 71.4 Å². The highest BCUT2D eigenvalue weighted by Crippen LogP contribution is 2.40. The van der Waals surface area contributed by atoms with Gasteiger partial charge in [-0.1, -0.05) is 52.9 Å². The van der Waals surface area contributed by atoms with Gasteiger partial charge >= 0.3 is 6.09 Å². The normalized spacial score (nSPS) is 20.7. The third-order valence-electron chi connectivity index (χ3n) is 7.22.